The summed E-state index contributed by atoms with van der Waals surface area (Å²) < 4.78 is 14.6. The van der Waals surface area contributed by atoms with Crippen molar-refractivity contribution >= 4 is 22.6 Å². The van der Waals surface area contributed by atoms with E-state index in [9.17, 15) is 4.79 Å². The van der Waals surface area contributed by atoms with E-state index >= 15 is 0 Å². The van der Waals surface area contributed by atoms with Gasteiger partial charge in [-0.3, -0.25) is 9.28 Å². The van der Waals surface area contributed by atoms with Crippen molar-refractivity contribution in [3.63, 3.8) is 0 Å². The van der Waals surface area contributed by atoms with E-state index in [0.29, 0.717) is 19.6 Å². The van der Waals surface area contributed by atoms with Crippen LogP contribution < -0.4 is 33.2 Å². The summed E-state index contributed by atoms with van der Waals surface area (Å²) in [4.78, 5) is 12.1. The van der Waals surface area contributed by atoms with Crippen LogP contribution in [0.2, 0.25) is 0 Å². The Labute approximate surface area is 263 Å². The average Bonchev–Trinajstić information content (AvgIpc) is 3.35. The van der Waals surface area contributed by atoms with Gasteiger partial charge in [-0.15, -0.1) is 0 Å². The molecule has 0 spiro atoms. The fraction of sp³-hybridized carbons (Fsp3) is 0.400. The van der Waals surface area contributed by atoms with Gasteiger partial charge in [-0.25, -0.2) is 0 Å². The molecule has 0 atom stereocenters. The highest BCUT2D eigenvalue weighted by Gasteiger charge is 2.12. The molecule has 0 saturated heterocycles. The van der Waals surface area contributed by atoms with Crippen molar-refractivity contribution in [3.05, 3.63) is 96.2 Å². The molecule has 0 aliphatic carbocycles. The van der Waals surface area contributed by atoms with Gasteiger partial charge < -0.3 is 38.0 Å². The Morgan fingerprint density at radius 3 is 2.15 bits per heavy atom. The normalized spacial score (nSPS) is 11.3. The lowest BCUT2D eigenvalue weighted by Gasteiger charge is -2.23. The monoisotopic (exact) mass is 668 g/mol. The maximum Gasteiger partial charge on any atom is 0.310 e. The lowest BCUT2D eigenvalue weighted by atomic mass is 10.1. The molecule has 3 aromatic carbocycles. The first-order chi connectivity index (χ1) is 19.4. The lowest BCUT2D eigenvalue weighted by Crippen LogP contribution is -3.00. The smallest absolute Gasteiger partial charge is 0.310 e. The third kappa shape index (κ3) is 10.8. The third-order valence-electron chi connectivity index (χ3n) is 7.36. The molecule has 6 heteroatoms. The zero-order valence-corrected chi connectivity index (χ0v) is 27.0. The number of fused-ring (bicyclic) bond motifs is 1. The molecule has 0 aliphatic rings. The number of nitrogens with zero attached hydrogens (tertiary/aromatic N) is 2. The maximum absolute atomic E-state index is 12.1. The maximum atomic E-state index is 12.1. The second-order valence-corrected chi connectivity index (χ2v) is 11.6. The van der Waals surface area contributed by atoms with Crippen molar-refractivity contribution in [2.45, 2.75) is 64.5 Å². The van der Waals surface area contributed by atoms with Crippen molar-refractivity contribution in [3.8, 4) is 5.75 Å². The number of unbranched alkanes of at least 4 members (excludes halogenated alkanes) is 6. The number of aryl methyl sites for hydroxylation is 1. The zero-order chi connectivity index (χ0) is 28.2. The summed E-state index contributed by atoms with van der Waals surface area (Å²) in [6, 6.07) is 27.0. The minimum atomic E-state index is -0.133. The summed E-state index contributed by atoms with van der Waals surface area (Å²) in [5.41, 5.74) is 4.67. The molecule has 0 unspecified atom stereocenters. The first-order valence-corrected chi connectivity index (χ1v) is 14.7. The van der Waals surface area contributed by atoms with E-state index in [0.717, 1.165) is 35.2 Å². The van der Waals surface area contributed by atoms with E-state index in [-0.39, 0.29) is 29.9 Å². The molecule has 0 radical (unpaired) electrons. The average molecular weight is 669 g/mol. The molecule has 41 heavy (non-hydrogen) atoms. The van der Waals surface area contributed by atoms with Crippen LogP contribution in [0.5, 0.6) is 5.75 Å². The molecular formula is C35H45IN2O3. The summed E-state index contributed by atoms with van der Waals surface area (Å²) in [5, 5.41) is 1.23. The molecule has 0 amide bonds. The molecule has 0 aliphatic heterocycles. The highest BCUT2D eigenvalue weighted by molar-refractivity contribution is 5.81. The Morgan fingerprint density at radius 2 is 1.44 bits per heavy atom. The second-order valence-electron chi connectivity index (χ2n) is 11.6. The molecule has 0 N–H and O–H groups in total. The zero-order valence-electron chi connectivity index (χ0n) is 24.9. The summed E-state index contributed by atoms with van der Waals surface area (Å²) in [5.74, 6) is 0.778. The van der Waals surface area contributed by atoms with Gasteiger partial charge in [-0.1, -0.05) is 74.6 Å². The summed E-state index contributed by atoms with van der Waals surface area (Å²) in [6.45, 7) is 2.15. The highest BCUT2D eigenvalue weighted by atomic mass is 127. The summed E-state index contributed by atoms with van der Waals surface area (Å²) in [6.07, 6.45) is 10.7. The third-order valence-corrected chi connectivity index (χ3v) is 7.36. The largest absolute Gasteiger partial charge is 1.00 e. The molecular weight excluding hydrogens is 623 g/mol. The number of halogens is 1. The van der Waals surface area contributed by atoms with Gasteiger partial charge in [0.25, 0.3) is 0 Å². The Bertz CT molecular complexity index is 1330. The van der Waals surface area contributed by atoms with Gasteiger partial charge in [0.2, 0.25) is 0 Å². The number of aromatic nitrogens is 1. The number of esters is 1. The molecule has 5 nitrogen and oxygen atoms in total. The highest BCUT2D eigenvalue weighted by Crippen LogP contribution is 2.24. The van der Waals surface area contributed by atoms with Gasteiger partial charge in [0.15, 0.2) is 0 Å². The van der Waals surface area contributed by atoms with E-state index in [1.54, 1.807) is 0 Å². The molecule has 1 heterocycles. The first-order valence-electron chi connectivity index (χ1n) is 14.7. The van der Waals surface area contributed by atoms with E-state index < -0.39 is 0 Å². The predicted molar refractivity (Wildman–Crippen MR) is 166 cm³/mol. The van der Waals surface area contributed by atoms with Crippen LogP contribution in [0.25, 0.3) is 10.9 Å². The van der Waals surface area contributed by atoms with Crippen LogP contribution in [0.4, 0.5) is 5.69 Å². The van der Waals surface area contributed by atoms with Crippen LogP contribution in [-0.4, -0.2) is 38.3 Å². The topological polar surface area (TPSA) is 40.5 Å². The number of hydrogen-bond acceptors (Lipinski definition) is 3. The van der Waals surface area contributed by atoms with Crippen LogP contribution in [0, 0.1) is 0 Å². The van der Waals surface area contributed by atoms with Crippen molar-refractivity contribution in [1.29, 1.82) is 0 Å². The van der Waals surface area contributed by atoms with E-state index in [1.165, 1.54) is 54.3 Å². The van der Waals surface area contributed by atoms with Crippen molar-refractivity contribution in [2.75, 3.05) is 27.7 Å². The number of carbonyl (C=O) groups is 1. The van der Waals surface area contributed by atoms with E-state index in [2.05, 4.69) is 80.4 Å². The number of hydrogen-bond donors (Lipinski definition) is 0. The van der Waals surface area contributed by atoms with E-state index in [4.69, 9.17) is 9.47 Å². The van der Waals surface area contributed by atoms with Crippen LogP contribution in [-0.2, 0) is 29.1 Å². The number of benzene rings is 3. The SMILES string of the molecule is C[N+](C)(C)c1ccc(CC(=O)OCCCCCCCCCn2ccc3cc(OCc4ccccc4)ccc32)cc1.[I-]. The molecule has 4 rings (SSSR count). The fourth-order valence-corrected chi connectivity index (χ4v) is 4.94. The minimum absolute atomic E-state index is 0. The lowest BCUT2D eigenvalue weighted by molar-refractivity contribution is -0.142. The first kappa shape index (κ1) is 32.7. The molecule has 220 valence electrons. The van der Waals surface area contributed by atoms with Crippen LogP contribution in [0.15, 0.2) is 85.1 Å². The Kier molecular flexibility index (Phi) is 13.2. The number of rotatable bonds is 16. The van der Waals surface area contributed by atoms with Crippen LogP contribution >= 0.6 is 0 Å². The molecule has 4 aromatic rings. The minimum Gasteiger partial charge on any atom is -1.00 e. The fourth-order valence-electron chi connectivity index (χ4n) is 4.94. The van der Waals surface area contributed by atoms with Crippen LogP contribution in [0.1, 0.15) is 56.1 Å². The van der Waals surface area contributed by atoms with Crippen molar-refractivity contribution in [1.82, 2.24) is 9.05 Å². The molecule has 1 aromatic heterocycles. The summed E-state index contributed by atoms with van der Waals surface area (Å²) in [7, 11) is 6.40. The van der Waals surface area contributed by atoms with Gasteiger partial charge in [-0.2, -0.15) is 0 Å². The van der Waals surface area contributed by atoms with Gasteiger partial charge in [0.1, 0.15) is 18.0 Å². The summed E-state index contributed by atoms with van der Waals surface area (Å²) >= 11 is 0. The molecule has 0 fully saturated rings. The predicted octanol–water partition coefficient (Wildman–Crippen LogP) is 4.94. The van der Waals surface area contributed by atoms with Crippen molar-refractivity contribution in [2.24, 2.45) is 0 Å². The molecule has 0 saturated carbocycles. The Morgan fingerprint density at radius 1 is 0.756 bits per heavy atom. The van der Waals surface area contributed by atoms with Gasteiger partial charge in [-0.05, 0) is 60.4 Å². The standard InChI is InChI=1S/C35H45N2O3.HI/c1-37(2,3)32-18-16-29(17-19-32)26-35(38)39-25-13-8-6-4-5-7-12-23-36-24-22-31-27-33(20-21-34(31)36)40-28-30-14-10-9-11-15-30;/h9-11,14-22,24,27H,4-8,12-13,23,25-26,28H2,1-3H3;1H/q+1;/p-1. The van der Waals surface area contributed by atoms with Gasteiger partial charge in [0.05, 0.1) is 34.2 Å². The number of quaternary nitrogens is 1. The van der Waals surface area contributed by atoms with Crippen LogP contribution in [0.3, 0.4) is 0 Å². The quantitative estimate of drug-likeness (QED) is 0.0736. The van der Waals surface area contributed by atoms with Gasteiger partial charge in [0, 0.05) is 23.6 Å². The Balaban J connectivity index is 0.00000462. The van der Waals surface area contributed by atoms with E-state index in [1.807, 2.05) is 30.3 Å². The molecule has 0 bridgehead atoms. The number of carbonyl (C=O) groups excluding carboxylic acids is 1. The Hall–Kier alpha value is -2.84. The van der Waals surface area contributed by atoms with Crippen molar-refractivity contribution < 1.29 is 38.2 Å². The number of ether oxygens (including phenoxy) is 2. The van der Waals surface area contributed by atoms with Gasteiger partial charge >= 0.3 is 5.97 Å². The second kappa shape index (κ2) is 16.6.